The van der Waals surface area contributed by atoms with Crippen molar-refractivity contribution in [3.63, 3.8) is 0 Å². The van der Waals surface area contributed by atoms with E-state index in [2.05, 4.69) is 39.8 Å². The van der Waals surface area contributed by atoms with Gasteiger partial charge in [-0.25, -0.2) is 4.79 Å². The highest BCUT2D eigenvalue weighted by Gasteiger charge is 2.26. The molecule has 0 aromatic carbocycles. The molecule has 0 radical (unpaired) electrons. The molecule has 0 aromatic rings. The van der Waals surface area contributed by atoms with Gasteiger partial charge in [0.1, 0.15) is 0 Å². The minimum Gasteiger partial charge on any atom is -0.478 e. The van der Waals surface area contributed by atoms with E-state index in [0.29, 0.717) is 5.57 Å². The van der Waals surface area contributed by atoms with E-state index in [9.17, 15) is 4.79 Å². The average Bonchev–Trinajstić information content (AvgIpc) is 2.44. The van der Waals surface area contributed by atoms with Crippen LogP contribution in [0.2, 0.25) is 0 Å². The van der Waals surface area contributed by atoms with Gasteiger partial charge in [0.2, 0.25) is 0 Å². The highest BCUT2D eigenvalue weighted by molar-refractivity contribution is 5.87. The summed E-state index contributed by atoms with van der Waals surface area (Å²) >= 11 is 0. The van der Waals surface area contributed by atoms with Crippen LogP contribution in [0.1, 0.15) is 60.8 Å². The lowest BCUT2D eigenvalue weighted by atomic mass is 9.72. The summed E-state index contributed by atoms with van der Waals surface area (Å²) in [6.45, 7) is 12.4. The topological polar surface area (TPSA) is 37.3 Å². The molecule has 0 unspecified atom stereocenters. The van der Waals surface area contributed by atoms with E-state index in [1.807, 2.05) is 25.2 Å². The Bertz CT molecular complexity index is 608. The SMILES string of the molecule is CC(C=C/C=C(/C)C=CC1=C(C)CCCC1(C)C)=C(C)C(=O)O. The van der Waals surface area contributed by atoms with Crippen LogP contribution in [0.3, 0.4) is 0 Å². The van der Waals surface area contributed by atoms with Crippen molar-refractivity contribution in [3.05, 3.63) is 58.2 Å². The van der Waals surface area contributed by atoms with Crippen molar-refractivity contribution in [3.8, 4) is 0 Å². The van der Waals surface area contributed by atoms with Crippen LogP contribution in [-0.2, 0) is 4.79 Å². The predicted octanol–water partition coefficient (Wildman–Crippen LogP) is 5.99. The van der Waals surface area contributed by atoms with Crippen molar-refractivity contribution in [1.29, 1.82) is 0 Å². The van der Waals surface area contributed by atoms with Crippen molar-refractivity contribution in [2.24, 2.45) is 5.41 Å². The van der Waals surface area contributed by atoms with E-state index in [1.54, 1.807) is 6.92 Å². The maximum atomic E-state index is 10.9. The molecule has 0 spiro atoms. The van der Waals surface area contributed by atoms with Gasteiger partial charge in [0.25, 0.3) is 0 Å². The molecule has 2 heteroatoms. The molecule has 0 bridgehead atoms. The number of allylic oxidation sites excluding steroid dienone is 9. The number of aliphatic carboxylic acids is 1. The molecule has 23 heavy (non-hydrogen) atoms. The van der Waals surface area contributed by atoms with Gasteiger partial charge >= 0.3 is 5.97 Å². The number of carbonyl (C=O) groups is 1. The zero-order valence-corrected chi connectivity index (χ0v) is 15.4. The van der Waals surface area contributed by atoms with E-state index >= 15 is 0 Å². The number of hydrogen-bond acceptors (Lipinski definition) is 1. The van der Waals surface area contributed by atoms with Gasteiger partial charge in [0, 0.05) is 5.57 Å². The summed E-state index contributed by atoms with van der Waals surface area (Å²) < 4.78 is 0. The fourth-order valence-electron chi connectivity index (χ4n) is 2.92. The maximum absolute atomic E-state index is 10.9. The Hall–Kier alpha value is -1.83. The molecule has 0 heterocycles. The van der Waals surface area contributed by atoms with Gasteiger partial charge in [-0.15, -0.1) is 0 Å². The molecule has 126 valence electrons. The number of carboxylic acid groups (broad SMARTS) is 1. The van der Waals surface area contributed by atoms with Crippen LogP contribution >= 0.6 is 0 Å². The molecule has 0 atom stereocenters. The van der Waals surface area contributed by atoms with Gasteiger partial charge in [0.05, 0.1) is 0 Å². The van der Waals surface area contributed by atoms with Crippen molar-refractivity contribution < 1.29 is 9.90 Å². The molecule has 0 aromatic heterocycles. The van der Waals surface area contributed by atoms with Crippen LogP contribution < -0.4 is 0 Å². The quantitative estimate of drug-likeness (QED) is 0.499. The van der Waals surface area contributed by atoms with Gasteiger partial charge in [-0.2, -0.15) is 0 Å². The Labute approximate surface area is 141 Å². The molecule has 0 aliphatic heterocycles. The molecular weight excluding hydrogens is 284 g/mol. The van der Waals surface area contributed by atoms with Gasteiger partial charge < -0.3 is 5.11 Å². The van der Waals surface area contributed by atoms with Crippen LogP contribution in [0.25, 0.3) is 0 Å². The van der Waals surface area contributed by atoms with Crippen LogP contribution in [0.15, 0.2) is 58.2 Å². The number of hydrogen-bond donors (Lipinski definition) is 1. The molecule has 0 fully saturated rings. The normalized spacial score (nSPS) is 20.3. The second-order valence-corrected chi connectivity index (χ2v) is 7.15. The molecule has 1 rings (SSSR count). The van der Waals surface area contributed by atoms with Crippen LogP contribution in [-0.4, -0.2) is 11.1 Å². The third kappa shape index (κ3) is 5.70. The third-order valence-corrected chi connectivity index (χ3v) is 4.67. The van der Waals surface area contributed by atoms with E-state index in [4.69, 9.17) is 5.11 Å². The van der Waals surface area contributed by atoms with Crippen molar-refractivity contribution in [2.45, 2.75) is 60.8 Å². The zero-order chi connectivity index (χ0) is 17.6. The fraction of sp³-hybridized carbons (Fsp3) is 0.476. The number of carboxylic acids is 1. The highest BCUT2D eigenvalue weighted by atomic mass is 16.4. The van der Waals surface area contributed by atoms with Crippen LogP contribution in [0.4, 0.5) is 0 Å². The van der Waals surface area contributed by atoms with E-state index in [-0.39, 0.29) is 5.41 Å². The monoisotopic (exact) mass is 314 g/mol. The Kier molecular flexibility index (Phi) is 6.80. The molecule has 0 saturated carbocycles. The molecule has 0 amide bonds. The van der Waals surface area contributed by atoms with Crippen molar-refractivity contribution >= 4 is 5.97 Å². The van der Waals surface area contributed by atoms with Crippen LogP contribution in [0.5, 0.6) is 0 Å². The summed E-state index contributed by atoms with van der Waals surface area (Å²) in [7, 11) is 0. The third-order valence-electron chi connectivity index (χ3n) is 4.67. The second-order valence-electron chi connectivity index (χ2n) is 7.15. The Morgan fingerprint density at radius 1 is 1.17 bits per heavy atom. The molecule has 1 aliphatic carbocycles. The van der Waals surface area contributed by atoms with E-state index < -0.39 is 5.97 Å². The zero-order valence-electron chi connectivity index (χ0n) is 15.4. The standard InChI is InChI=1S/C21H30O2/c1-15(9-7-10-16(2)18(4)20(22)23)12-13-19-17(3)11-8-14-21(19,5)6/h7,9-10,12-13H,8,11,14H2,1-6H3,(H,22,23)/b10-7?,13-12?,15-9-,18-16?. The molecular formula is C21H30O2. The summed E-state index contributed by atoms with van der Waals surface area (Å²) in [4.78, 5) is 10.9. The van der Waals surface area contributed by atoms with Crippen LogP contribution in [0, 0.1) is 5.41 Å². The molecule has 1 N–H and O–H groups in total. The summed E-state index contributed by atoms with van der Waals surface area (Å²) in [5.74, 6) is -0.866. The lowest BCUT2D eigenvalue weighted by Gasteiger charge is -2.32. The van der Waals surface area contributed by atoms with Gasteiger partial charge in [-0.3, -0.25) is 0 Å². The van der Waals surface area contributed by atoms with Gasteiger partial charge in [-0.1, -0.05) is 55.4 Å². The summed E-state index contributed by atoms with van der Waals surface area (Å²) in [5.41, 5.74) is 5.52. The molecule has 0 saturated heterocycles. The summed E-state index contributed by atoms with van der Waals surface area (Å²) in [6, 6.07) is 0. The molecule has 1 aliphatic rings. The number of rotatable bonds is 5. The first-order valence-corrected chi connectivity index (χ1v) is 8.29. The second kappa shape index (κ2) is 8.14. The molecule has 2 nitrogen and oxygen atoms in total. The average molecular weight is 314 g/mol. The lowest BCUT2D eigenvalue weighted by molar-refractivity contribution is -0.132. The Morgan fingerprint density at radius 3 is 2.39 bits per heavy atom. The van der Waals surface area contributed by atoms with Gasteiger partial charge in [0.15, 0.2) is 0 Å². The van der Waals surface area contributed by atoms with Gasteiger partial charge in [-0.05, 0) is 63.5 Å². The first-order valence-electron chi connectivity index (χ1n) is 8.29. The van der Waals surface area contributed by atoms with Crippen molar-refractivity contribution in [2.75, 3.05) is 0 Å². The largest absolute Gasteiger partial charge is 0.478 e. The van der Waals surface area contributed by atoms with E-state index in [1.165, 1.54) is 30.4 Å². The summed E-state index contributed by atoms with van der Waals surface area (Å²) in [6.07, 6.45) is 13.9. The first kappa shape index (κ1) is 19.2. The minimum atomic E-state index is -0.866. The lowest BCUT2D eigenvalue weighted by Crippen LogP contribution is -2.19. The predicted molar refractivity (Wildman–Crippen MR) is 98.4 cm³/mol. The van der Waals surface area contributed by atoms with Crippen molar-refractivity contribution in [1.82, 2.24) is 0 Å². The first-order chi connectivity index (χ1) is 10.6. The maximum Gasteiger partial charge on any atom is 0.331 e. The summed E-state index contributed by atoms with van der Waals surface area (Å²) in [5, 5.41) is 8.94. The Balaban J connectivity index is 2.85. The highest BCUT2D eigenvalue weighted by Crippen LogP contribution is 2.40. The fourth-order valence-corrected chi connectivity index (χ4v) is 2.92. The minimum absolute atomic E-state index is 0.257. The Morgan fingerprint density at radius 2 is 1.83 bits per heavy atom. The smallest absolute Gasteiger partial charge is 0.331 e. The van der Waals surface area contributed by atoms with E-state index in [0.717, 1.165) is 11.1 Å².